The first kappa shape index (κ1) is 18.1. The zero-order valence-corrected chi connectivity index (χ0v) is 11.3. The van der Waals surface area contributed by atoms with Crippen LogP contribution in [-0.4, -0.2) is 35.0 Å². The van der Waals surface area contributed by atoms with Gasteiger partial charge in [-0.25, -0.2) is 0 Å². The summed E-state index contributed by atoms with van der Waals surface area (Å²) in [5.41, 5.74) is 0. The van der Waals surface area contributed by atoms with Crippen molar-refractivity contribution in [2.75, 3.05) is 0 Å². The summed E-state index contributed by atoms with van der Waals surface area (Å²) in [6.07, 6.45) is 6.08. The van der Waals surface area contributed by atoms with Gasteiger partial charge in [-0.15, -0.1) is 0 Å². The van der Waals surface area contributed by atoms with E-state index in [0.29, 0.717) is 6.42 Å². The first-order valence-electron chi connectivity index (χ1n) is 5.51. The van der Waals surface area contributed by atoms with Crippen molar-refractivity contribution < 1.29 is 19.8 Å². The van der Waals surface area contributed by atoms with E-state index in [9.17, 15) is 19.8 Å². The van der Waals surface area contributed by atoms with E-state index in [1.165, 1.54) is 6.42 Å². The number of unbranched alkanes of at least 4 members (excludes halogenated alkanes) is 5. The minimum atomic E-state index is -1.54. The van der Waals surface area contributed by atoms with Crippen LogP contribution in [-0.2, 0) is 9.59 Å². The maximum atomic E-state index is 10.4. The minimum absolute atomic E-state index is 0. The molecule has 0 radical (unpaired) electrons. The Morgan fingerprint density at radius 1 is 0.938 bits per heavy atom. The van der Waals surface area contributed by atoms with E-state index in [1.54, 1.807) is 0 Å². The number of carbonyl (C=O) groups is 2. The molecular weight excluding hydrogens is 220 g/mol. The molecule has 0 spiro atoms. The van der Waals surface area contributed by atoms with Gasteiger partial charge in [-0.3, -0.25) is 0 Å². The molecule has 88 valence electrons. The largest absolute Gasteiger partial charge is 2.00 e. The van der Waals surface area contributed by atoms with E-state index in [0.717, 1.165) is 25.7 Å². The van der Waals surface area contributed by atoms with Crippen molar-refractivity contribution in [2.24, 2.45) is 5.92 Å². The first-order valence-corrected chi connectivity index (χ1v) is 5.51. The van der Waals surface area contributed by atoms with Crippen molar-refractivity contribution >= 4 is 35.0 Å². The molecule has 0 amide bonds. The number of carbonyl (C=O) groups excluding carboxylic acids is 2. The van der Waals surface area contributed by atoms with Crippen LogP contribution >= 0.6 is 0 Å². The summed E-state index contributed by atoms with van der Waals surface area (Å²) in [5, 5.41) is 20.8. The molecular formula is C11H18MgO4. The van der Waals surface area contributed by atoms with Crippen molar-refractivity contribution in [1.29, 1.82) is 0 Å². The summed E-state index contributed by atoms with van der Waals surface area (Å²) in [6.45, 7) is 2.11. The first-order chi connectivity index (χ1) is 7.09. The van der Waals surface area contributed by atoms with Gasteiger partial charge >= 0.3 is 23.1 Å². The standard InChI is InChI=1S/C11H20O4.Mg/c1-2-3-4-5-6-7-8-9(10(12)13)11(14)15;/h9H,2-8H2,1H3,(H,12,13)(H,14,15);/q;+2/p-2. The molecule has 4 nitrogen and oxygen atoms in total. The summed E-state index contributed by atoms with van der Waals surface area (Å²) in [4.78, 5) is 20.8. The van der Waals surface area contributed by atoms with E-state index >= 15 is 0 Å². The van der Waals surface area contributed by atoms with Crippen molar-refractivity contribution in [3.63, 3.8) is 0 Å². The molecule has 0 saturated carbocycles. The number of carboxylic acid groups (broad SMARTS) is 2. The average Bonchev–Trinajstić information content (AvgIpc) is 2.15. The quantitative estimate of drug-likeness (QED) is 0.307. The third-order valence-electron chi connectivity index (χ3n) is 2.42. The van der Waals surface area contributed by atoms with Crippen molar-refractivity contribution in [3.05, 3.63) is 0 Å². The second kappa shape index (κ2) is 11.2. The van der Waals surface area contributed by atoms with Gasteiger partial charge in [-0.1, -0.05) is 45.4 Å². The van der Waals surface area contributed by atoms with E-state index < -0.39 is 17.9 Å². The molecule has 0 fully saturated rings. The molecule has 0 saturated heterocycles. The molecule has 0 unspecified atom stereocenters. The van der Waals surface area contributed by atoms with Crippen LogP contribution in [0.4, 0.5) is 0 Å². The van der Waals surface area contributed by atoms with Gasteiger partial charge in [0.15, 0.2) is 0 Å². The topological polar surface area (TPSA) is 80.3 Å². The second-order valence-electron chi connectivity index (χ2n) is 3.75. The maximum absolute atomic E-state index is 10.4. The number of hydrogen-bond acceptors (Lipinski definition) is 4. The molecule has 0 rings (SSSR count). The second-order valence-corrected chi connectivity index (χ2v) is 3.75. The molecule has 0 aromatic carbocycles. The molecule has 16 heavy (non-hydrogen) atoms. The monoisotopic (exact) mass is 238 g/mol. The van der Waals surface area contributed by atoms with Crippen LogP contribution in [0.15, 0.2) is 0 Å². The summed E-state index contributed by atoms with van der Waals surface area (Å²) < 4.78 is 0. The third kappa shape index (κ3) is 8.97. The van der Waals surface area contributed by atoms with Gasteiger partial charge in [-0.2, -0.15) is 0 Å². The van der Waals surface area contributed by atoms with E-state index in [1.807, 2.05) is 0 Å². The normalized spacial score (nSPS) is 9.88. The molecule has 0 aliphatic heterocycles. The Morgan fingerprint density at radius 2 is 1.38 bits per heavy atom. The molecule has 0 aromatic rings. The van der Waals surface area contributed by atoms with E-state index in [2.05, 4.69) is 6.92 Å². The molecule has 0 aliphatic rings. The van der Waals surface area contributed by atoms with Crippen LogP contribution in [0, 0.1) is 5.92 Å². The maximum Gasteiger partial charge on any atom is 2.00 e. The molecule has 0 heterocycles. The Kier molecular flexibility index (Phi) is 12.7. The summed E-state index contributed by atoms with van der Waals surface area (Å²) in [5.74, 6) is -4.52. The predicted molar refractivity (Wildman–Crippen MR) is 57.3 cm³/mol. The van der Waals surface area contributed by atoms with Gasteiger partial charge < -0.3 is 19.8 Å². The smallest absolute Gasteiger partial charge is 0.549 e. The Labute approximate surface area is 113 Å². The van der Waals surface area contributed by atoms with Gasteiger partial charge in [-0.05, 0) is 6.42 Å². The zero-order valence-electron chi connectivity index (χ0n) is 9.87. The molecule has 5 heteroatoms. The van der Waals surface area contributed by atoms with Crippen LogP contribution in [0.2, 0.25) is 0 Å². The van der Waals surface area contributed by atoms with Crippen LogP contribution < -0.4 is 10.2 Å². The predicted octanol–water partition coefficient (Wildman–Crippen LogP) is -0.528. The van der Waals surface area contributed by atoms with Crippen LogP contribution in [0.5, 0.6) is 0 Å². The van der Waals surface area contributed by atoms with Gasteiger partial charge in [0.25, 0.3) is 0 Å². The van der Waals surface area contributed by atoms with Crippen molar-refractivity contribution in [2.45, 2.75) is 51.9 Å². The van der Waals surface area contributed by atoms with Crippen LogP contribution in [0.1, 0.15) is 51.9 Å². The van der Waals surface area contributed by atoms with Gasteiger partial charge in [0, 0.05) is 5.92 Å². The Morgan fingerprint density at radius 3 is 1.81 bits per heavy atom. The Hall–Kier alpha value is -0.294. The van der Waals surface area contributed by atoms with Crippen molar-refractivity contribution in [3.8, 4) is 0 Å². The van der Waals surface area contributed by atoms with Gasteiger partial charge in [0.1, 0.15) is 0 Å². The minimum Gasteiger partial charge on any atom is -0.549 e. The SMILES string of the molecule is CCCCCCCCC(C(=O)[O-])C(=O)[O-].[Mg+2]. The van der Waals surface area contributed by atoms with Crippen molar-refractivity contribution in [1.82, 2.24) is 0 Å². The Bertz CT molecular complexity index is 192. The third-order valence-corrected chi connectivity index (χ3v) is 2.42. The molecule has 0 aliphatic carbocycles. The number of rotatable bonds is 9. The fourth-order valence-corrected chi connectivity index (χ4v) is 1.46. The number of hydrogen-bond donors (Lipinski definition) is 0. The van der Waals surface area contributed by atoms with Crippen LogP contribution in [0.3, 0.4) is 0 Å². The number of aliphatic carboxylic acids is 2. The summed E-state index contributed by atoms with van der Waals surface area (Å²) in [6, 6.07) is 0. The fourth-order valence-electron chi connectivity index (χ4n) is 1.46. The molecule has 0 aromatic heterocycles. The van der Waals surface area contributed by atoms with Gasteiger partial charge in [0.2, 0.25) is 0 Å². The van der Waals surface area contributed by atoms with E-state index in [4.69, 9.17) is 0 Å². The summed E-state index contributed by atoms with van der Waals surface area (Å²) >= 11 is 0. The van der Waals surface area contributed by atoms with Gasteiger partial charge in [0.05, 0.1) is 11.9 Å². The molecule has 0 bridgehead atoms. The fraction of sp³-hybridized carbons (Fsp3) is 0.818. The van der Waals surface area contributed by atoms with E-state index in [-0.39, 0.29) is 29.5 Å². The zero-order chi connectivity index (χ0) is 11.7. The van der Waals surface area contributed by atoms with Crippen LogP contribution in [0.25, 0.3) is 0 Å². The number of carboxylic acids is 2. The summed E-state index contributed by atoms with van der Waals surface area (Å²) in [7, 11) is 0. The molecule has 0 N–H and O–H groups in total. The average molecular weight is 239 g/mol. The molecule has 0 atom stereocenters. The Balaban J connectivity index is 0.